The van der Waals surface area contributed by atoms with Crippen molar-refractivity contribution in [1.29, 1.82) is 0 Å². The number of piperazine rings is 1. The first-order valence-electron chi connectivity index (χ1n) is 5.25. The lowest BCUT2D eigenvalue weighted by Crippen LogP contribution is -2.43. The molecule has 0 saturated carbocycles. The molecule has 1 N–H and O–H groups in total. The normalized spacial score (nSPS) is 23.7. The maximum Gasteiger partial charge on any atom is 0.0470 e. The summed E-state index contributed by atoms with van der Waals surface area (Å²) in [6.45, 7) is 5.47. The quantitative estimate of drug-likeness (QED) is 0.723. The van der Waals surface area contributed by atoms with Crippen LogP contribution in [0.1, 0.15) is 17.2 Å². The third-order valence-corrected chi connectivity index (χ3v) is 2.94. The fraction of sp³-hybridized carbons (Fsp3) is 0.500. The molecule has 0 aromatic heterocycles. The molecule has 0 bridgehead atoms. The van der Waals surface area contributed by atoms with Crippen LogP contribution in [0.2, 0.25) is 0 Å². The average molecular weight is 190 g/mol. The number of aryl methyl sites for hydroxylation is 1. The van der Waals surface area contributed by atoms with Gasteiger partial charge >= 0.3 is 0 Å². The number of nitrogens with zero attached hydrogens (tertiary/aromatic N) is 1. The van der Waals surface area contributed by atoms with Crippen molar-refractivity contribution >= 4 is 0 Å². The Hall–Kier alpha value is -0.860. The van der Waals surface area contributed by atoms with E-state index in [4.69, 9.17) is 0 Å². The second kappa shape index (κ2) is 4.11. The predicted molar refractivity (Wildman–Crippen MR) is 59.4 cm³/mol. The van der Waals surface area contributed by atoms with Crippen molar-refractivity contribution in [3.05, 3.63) is 35.4 Å². The number of benzene rings is 1. The van der Waals surface area contributed by atoms with E-state index in [2.05, 4.69) is 48.5 Å². The highest BCUT2D eigenvalue weighted by atomic mass is 15.2. The minimum Gasteiger partial charge on any atom is -0.314 e. The first kappa shape index (κ1) is 9.69. The van der Waals surface area contributed by atoms with Crippen LogP contribution in [0.25, 0.3) is 0 Å². The molecule has 2 nitrogen and oxygen atoms in total. The Morgan fingerprint density at radius 1 is 1.43 bits per heavy atom. The van der Waals surface area contributed by atoms with Gasteiger partial charge in [-0.2, -0.15) is 0 Å². The van der Waals surface area contributed by atoms with E-state index in [-0.39, 0.29) is 0 Å². The molecule has 1 aromatic rings. The molecule has 1 aromatic carbocycles. The molecule has 0 aliphatic carbocycles. The minimum absolute atomic E-state index is 0.545. The molecule has 76 valence electrons. The molecule has 1 atom stereocenters. The number of hydrogen-bond donors (Lipinski definition) is 1. The minimum atomic E-state index is 0.545. The van der Waals surface area contributed by atoms with Gasteiger partial charge in [-0.1, -0.05) is 29.8 Å². The number of hydrogen-bond acceptors (Lipinski definition) is 2. The average Bonchev–Trinajstić information content (AvgIpc) is 2.18. The largest absolute Gasteiger partial charge is 0.314 e. The van der Waals surface area contributed by atoms with Gasteiger partial charge in [0, 0.05) is 25.7 Å². The highest BCUT2D eigenvalue weighted by molar-refractivity contribution is 5.25. The Morgan fingerprint density at radius 3 is 3.00 bits per heavy atom. The summed E-state index contributed by atoms with van der Waals surface area (Å²) in [6, 6.07) is 9.35. The molecule has 1 aliphatic rings. The van der Waals surface area contributed by atoms with Gasteiger partial charge < -0.3 is 5.32 Å². The molecule has 0 spiro atoms. The van der Waals surface area contributed by atoms with E-state index < -0.39 is 0 Å². The third-order valence-electron chi connectivity index (χ3n) is 2.94. The van der Waals surface area contributed by atoms with Gasteiger partial charge in [0.15, 0.2) is 0 Å². The zero-order valence-corrected chi connectivity index (χ0v) is 8.96. The number of rotatable bonds is 1. The third kappa shape index (κ3) is 1.97. The van der Waals surface area contributed by atoms with Gasteiger partial charge in [-0.3, -0.25) is 4.90 Å². The smallest absolute Gasteiger partial charge is 0.0470 e. The fourth-order valence-corrected chi connectivity index (χ4v) is 2.06. The summed E-state index contributed by atoms with van der Waals surface area (Å²) < 4.78 is 0. The lowest BCUT2D eigenvalue weighted by Gasteiger charge is -2.33. The standard InChI is InChI=1S/C12H18N2/c1-10-4-3-5-11(8-10)12-9-13-6-7-14(12)2/h3-5,8,12-13H,6-7,9H2,1-2H3. The molecular weight excluding hydrogens is 172 g/mol. The monoisotopic (exact) mass is 190 g/mol. The fourth-order valence-electron chi connectivity index (χ4n) is 2.06. The topological polar surface area (TPSA) is 15.3 Å². The molecule has 0 radical (unpaired) electrons. The second-order valence-corrected chi connectivity index (χ2v) is 4.11. The van der Waals surface area contributed by atoms with Crippen molar-refractivity contribution in [3.63, 3.8) is 0 Å². The highest BCUT2D eigenvalue weighted by Crippen LogP contribution is 2.20. The molecule has 1 saturated heterocycles. The highest BCUT2D eigenvalue weighted by Gasteiger charge is 2.19. The molecule has 2 heteroatoms. The zero-order chi connectivity index (χ0) is 9.97. The van der Waals surface area contributed by atoms with Crippen molar-refractivity contribution in [2.75, 3.05) is 26.7 Å². The number of likely N-dealkylation sites (N-methyl/N-ethyl adjacent to an activating group) is 1. The first-order chi connectivity index (χ1) is 6.77. The lowest BCUT2D eigenvalue weighted by atomic mass is 10.0. The van der Waals surface area contributed by atoms with Crippen molar-refractivity contribution < 1.29 is 0 Å². The molecule has 1 heterocycles. The van der Waals surface area contributed by atoms with Crippen LogP contribution < -0.4 is 5.32 Å². The Morgan fingerprint density at radius 2 is 2.29 bits per heavy atom. The lowest BCUT2D eigenvalue weighted by molar-refractivity contribution is 0.202. The van der Waals surface area contributed by atoms with E-state index in [1.54, 1.807) is 0 Å². The van der Waals surface area contributed by atoms with Crippen LogP contribution in [0.4, 0.5) is 0 Å². The van der Waals surface area contributed by atoms with Crippen LogP contribution in [0.3, 0.4) is 0 Å². The first-order valence-corrected chi connectivity index (χ1v) is 5.25. The zero-order valence-electron chi connectivity index (χ0n) is 8.96. The maximum absolute atomic E-state index is 3.44. The Bertz CT molecular complexity index is 309. The Labute approximate surface area is 85.9 Å². The summed E-state index contributed by atoms with van der Waals surface area (Å²) in [5.74, 6) is 0. The van der Waals surface area contributed by atoms with Crippen molar-refractivity contribution in [2.45, 2.75) is 13.0 Å². The number of nitrogens with one attached hydrogen (secondary N) is 1. The van der Waals surface area contributed by atoms with Crippen LogP contribution in [-0.2, 0) is 0 Å². The van der Waals surface area contributed by atoms with Gasteiger partial charge in [-0.05, 0) is 19.5 Å². The summed E-state index contributed by atoms with van der Waals surface area (Å²) in [6.07, 6.45) is 0. The van der Waals surface area contributed by atoms with Crippen molar-refractivity contribution in [1.82, 2.24) is 10.2 Å². The molecule has 1 fully saturated rings. The summed E-state index contributed by atoms with van der Waals surface area (Å²) >= 11 is 0. The second-order valence-electron chi connectivity index (χ2n) is 4.11. The van der Waals surface area contributed by atoms with Crippen LogP contribution in [-0.4, -0.2) is 31.6 Å². The van der Waals surface area contributed by atoms with Crippen molar-refractivity contribution in [3.8, 4) is 0 Å². The van der Waals surface area contributed by atoms with E-state index in [0.717, 1.165) is 19.6 Å². The van der Waals surface area contributed by atoms with Gasteiger partial charge in [-0.15, -0.1) is 0 Å². The maximum atomic E-state index is 3.44. The molecular formula is C12H18N2. The summed E-state index contributed by atoms with van der Waals surface area (Å²) in [5.41, 5.74) is 2.78. The van der Waals surface area contributed by atoms with E-state index in [1.165, 1.54) is 11.1 Å². The summed E-state index contributed by atoms with van der Waals surface area (Å²) in [7, 11) is 2.20. The molecule has 2 rings (SSSR count). The Balaban J connectivity index is 2.20. The molecule has 14 heavy (non-hydrogen) atoms. The van der Waals surface area contributed by atoms with E-state index in [9.17, 15) is 0 Å². The van der Waals surface area contributed by atoms with Crippen LogP contribution in [0.15, 0.2) is 24.3 Å². The van der Waals surface area contributed by atoms with Gasteiger partial charge in [0.05, 0.1) is 0 Å². The van der Waals surface area contributed by atoms with Gasteiger partial charge in [0.2, 0.25) is 0 Å². The summed E-state index contributed by atoms with van der Waals surface area (Å²) in [5, 5.41) is 3.44. The predicted octanol–water partition coefficient (Wildman–Crippen LogP) is 1.57. The van der Waals surface area contributed by atoms with Crippen LogP contribution in [0.5, 0.6) is 0 Å². The van der Waals surface area contributed by atoms with Gasteiger partial charge in [-0.25, -0.2) is 0 Å². The molecule has 1 aliphatic heterocycles. The SMILES string of the molecule is Cc1cccc(C2CNCCN2C)c1. The van der Waals surface area contributed by atoms with E-state index >= 15 is 0 Å². The Kier molecular flexibility index (Phi) is 2.85. The van der Waals surface area contributed by atoms with Gasteiger partial charge in [0.1, 0.15) is 0 Å². The summed E-state index contributed by atoms with van der Waals surface area (Å²) in [4.78, 5) is 2.42. The van der Waals surface area contributed by atoms with Gasteiger partial charge in [0.25, 0.3) is 0 Å². The van der Waals surface area contributed by atoms with Crippen molar-refractivity contribution in [2.24, 2.45) is 0 Å². The van der Waals surface area contributed by atoms with Crippen LogP contribution in [0, 0.1) is 6.92 Å². The van der Waals surface area contributed by atoms with E-state index in [0.29, 0.717) is 6.04 Å². The molecule has 0 amide bonds. The van der Waals surface area contributed by atoms with Crippen LogP contribution >= 0.6 is 0 Å². The molecule has 1 unspecified atom stereocenters. The van der Waals surface area contributed by atoms with E-state index in [1.807, 2.05) is 0 Å².